The number of nitrogens with zero attached hydrogens (tertiary/aromatic N) is 2. The van der Waals surface area contributed by atoms with Crippen molar-refractivity contribution in [2.75, 3.05) is 6.54 Å². The van der Waals surface area contributed by atoms with Crippen LogP contribution in [0.25, 0.3) is 0 Å². The molecule has 0 aliphatic carbocycles. The van der Waals surface area contributed by atoms with Crippen LogP contribution >= 0.6 is 0 Å². The van der Waals surface area contributed by atoms with Crippen LogP contribution in [0.5, 0.6) is 5.75 Å². The molecule has 1 unspecified atom stereocenters. The Morgan fingerprint density at radius 2 is 1.86 bits per heavy atom. The van der Waals surface area contributed by atoms with Crippen molar-refractivity contribution in [3.63, 3.8) is 0 Å². The van der Waals surface area contributed by atoms with Crippen molar-refractivity contribution in [1.82, 2.24) is 15.5 Å². The second kappa shape index (κ2) is 7.78. The van der Waals surface area contributed by atoms with Gasteiger partial charge in [0, 0.05) is 12.5 Å². The Kier molecular flexibility index (Phi) is 5.75. The van der Waals surface area contributed by atoms with Gasteiger partial charge in [-0.2, -0.15) is 0 Å². The van der Waals surface area contributed by atoms with E-state index >= 15 is 0 Å². The minimum absolute atomic E-state index is 0.306. The van der Waals surface area contributed by atoms with Gasteiger partial charge in [-0.15, -0.1) is 10.2 Å². The summed E-state index contributed by atoms with van der Waals surface area (Å²) in [4.78, 5) is 0. The number of aromatic nitrogens is 2. The summed E-state index contributed by atoms with van der Waals surface area (Å²) in [6, 6.07) is 8.62. The molecule has 1 heterocycles. The maximum absolute atomic E-state index is 5.65. The summed E-state index contributed by atoms with van der Waals surface area (Å²) in [5.41, 5.74) is 1.29. The van der Waals surface area contributed by atoms with Gasteiger partial charge < -0.3 is 14.5 Å². The van der Waals surface area contributed by atoms with Gasteiger partial charge in [0.2, 0.25) is 5.89 Å². The zero-order valence-electron chi connectivity index (χ0n) is 12.9. The van der Waals surface area contributed by atoms with Gasteiger partial charge in [-0.25, -0.2) is 0 Å². The van der Waals surface area contributed by atoms with Gasteiger partial charge in [0.25, 0.3) is 5.89 Å². The normalized spacial score (nSPS) is 12.3. The molecule has 21 heavy (non-hydrogen) atoms. The first-order chi connectivity index (χ1) is 10.2. The highest BCUT2D eigenvalue weighted by Gasteiger charge is 2.06. The van der Waals surface area contributed by atoms with Crippen molar-refractivity contribution in [2.45, 2.75) is 46.3 Å². The van der Waals surface area contributed by atoms with E-state index in [-0.39, 0.29) is 0 Å². The second-order valence-corrected chi connectivity index (χ2v) is 5.04. The SMILES string of the molecule is CCNC(C)Cc1ccc(OCc2nnc(CC)o2)cc1. The van der Waals surface area contributed by atoms with Crippen LogP contribution in [0.15, 0.2) is 28.7 Å². The molecular weight excluding hydrogens is 266 g/mol. The quantitative estimate of drug-likeness (QED) is 0.809. The highest BCUT2D eigenvalue weighted by molar-refractivity contribution is 5.27. The van der Waals surface area contributed by atoms with Crippen molar-refractivity contribution in [3.8, 4) is 5.75 Å². The maximum atomic E-state index is 5.65. The summed E-state index contributed by atoms with van der Waals surface area (Å²) < 4.78 is 11.0. The van der Waals surface area contributed by atoms with Crippen molar-refractivity contribution in [2.24, 2.45) is 0 Å². The molecule has 114 valence electrons. The first kappa shape index (κ1) is 15.5. The summed E-state index contributed by atoms with van der Waals surface area (Å²) >= 11 is 0. The van der Waals surface area contributed by atoms with E-state index in [1.165, 1.54) is 5.56 Å². The van der Waals surface area contributed by atoms with E-state index in [0.29, 0.717) is 24.4 Å². The van der Waals surface area contributed by atoms with Gasteiger partial charge in [0.1, 0.15) is 5.75 Å². The van der Waals surface area contributed by atoms with Crippen LogP contribution in [0, 0.1) is 0 Å². The lowest BCUT2D eigenvalue weighted by atomic mass is 10.1. The Morgan fingerprint density at radius 1 is 1.14 bits per heavy atom. The average molecular weight is 289 g/mol. The molecule has 0 fully saturated rings. The van der Waals surface area contributed by atoms with Gasteiger partial charge in [-0.05, 0) is 37.6 Å². The van der Waals surface area contributed by atoms with E-state index < -0.39 is 0 Å². The number of likely N-dealkylation sites (N-methyl/N-ethyl adjacent to an activating group) is 1. The summed E-state index contributed by atoms with van der Waals surface area (Å²) in [6.07, 6.45) is 1.75. The number of benzene rings is 1. The van der Waals surface area contributed by atoms with E-state index in [9.17, 15) is 0 Å². The molecule has 1 atom stereocenters. The van der Waals surface area contributed by atoms with Gasteiger partial charge in [-0.1, -0.05) is 26.0 Å². The lowest BCUT2D eigenvalue weighted by Crippen LogP contribution is -2.27. The maximum Gasteiger partial charge on any atom is 0.253 e. The third-order valence-electron chi connectivity index (χ3n) is 3.19. The molecule has 0 radical (unpaired) electrons. The predicted octanol–water partition coefficient (Wildman–Crippen LogP) is 2.75. The highest BCUT2D eigenvalue weighted by atomic mass is 16.5. The van der Waals surface area contributed by atoms with Crippen LogP contribution in [0.3, 0.4) is 0 Å². The minimum atomic E-state index is 0.306. The van der Waals surface area contributed by atoms with E-state index in [1.807, 2.05) is 19.1 Å². The van der Waals surface area contributed by atoms with Crippen LogP contribution in [-0.2, 0) is 19.4 Å². The molecule has 5 heteroatoms. The second-order valence-electron chi connectivity index (χ2n) is 5.04. The molecular formula is C16H23N3O2. The topological polar surface area (TPSA) is 60.2 Å². The first-order valence-corrected chi connectivity index (χ1v) is 7.47. The van der Waals surface area contributed by atoms with Crippen LogP contribution in [0.2, 0.25) is 0 Å². The third kappa shape index (κ3) is 4.86. The summed E-state index contributed by atoms with van der Waals surface area (Å²) in [7, 11) is 0. The molecule has 0 spiro atoms. The number of aryl methyl sites for hydroxylation is 1. The Bertz CT molecular complexity index is 537. The van der Waals surface area contributed by atoms with Crippen molar-refractivity contribution >= 4 is 0 Å². The summed E-state index contributed by atoms with van der Waals surface area (Å²) in [5, 5.41) is 11.2. The van der Waals surface area contributed by atoms with E-state index in [2.05, 4.69) is 41.5 Å². The third-order valence-corrected chi connectivity index (χ3v) is 3.19. The minimum Gasteiger partial charge on any atom is -0.484 e. The van der Waals surface area contributed by atoms with Gasteiger partial charge in [0.15, 0.2) is 6.61 Å². The van der Waals surface area contributed by atoms with E-state index in [4.69, 9.17) is 9.15 Å². The van der Waals surface area contributed by atoms with Crippen LogP contribution < -0.4 is 10.1 Å². The highest BCUT2D eigenvalue weighted by Crippen LogP contribution is 2.15. The lowest BCUT2D eigenvalue weighted by Gasteiger charge is -2.12. The van der Waals surface area contributed by atoms with Gasteiger partial charge in [0.05, 0.1) is 0 Å². The fraction of sp³-hybridized carbons (Fsp3) is 0.500. The van der Waals surface area contributed by atoms with Gasteiger partial charge >= 0.3 is 0 Å². The zero-order chi connectivity index (χ0) is 15.1. The number of hydrogen-bond donors (Lipinski definition) is 1. The molecule has 0 aliphatic heterocycles. The summed E-state index contributed by atoms with van der Waals surface area (Å²) in [5.74, 6) is 1.96. The Hall–Kier alpha value is -1.88. The summed E-state index contributed by atoms with van der Waals surface area (Å²) in [6.45, 7) is 7.58. The van der Waals surface area contributed by atoms with Crippen molar-refractivity contribution in [1.29, 1.82) is 0 Å². The first-order valence-electron chi connectivity index (χ1n) is 7.47. The zero-order valence-corrected chi connectivity index (χ0v) is 12.9. The lowest BCUT2D eigenvalue weighted by molar-refractivity contribution is 0.259. The predicted molar refractivity (Wildman–Crippen MR) is 81.3 cm³/mol. The fourth-order valence-electron chi connectivity index (χ4n) is 2.13. The molecule has 1 aromatic carbocycles. The van der Waals surface area contributed by atoms with Crippen LogP contribution in [0.4, 0.5) is 0 Å². The number of ether oxygens (including phenoxy) is 1. The molecule has 5 nitrogen and oxygen atoms in total. The molecule has 0 saturated heterocycles. The number of nitrogens with one attached hydrogen (secondary N) is 1. The van der Waals surface area contributed by atoms with E-state index in [1.54, 1.807) is 0 Å². The van der Waals surface area contributed by atoms with Crippen LogP contribution in [-0.4, -0.2) is 22.8 Å². The molecule has 0 aliphatic rings. The molecule has 0 bridgehead atoms. The van der Waals surface area contributed by atoms with Crippen LogP contribution in [0.1, 0.15) is 38.1 Å². The molecule has 2 aromatic rings. The van der Waals surface area contributed by atoms with Crippen molar-refractivity contribution < 1.29 is 9.15 Å². The number of hydrogen-bond acceptors (Lipinski definition) is 5. The Labute approximate surface area is 125 Å². The fourth-order valence-corrected chi connectivity index (χ4v) is 2.13. The average Bonchev–Trinajstić information content (AvgIpc) is 2.95. The molecule has 1 N–H and O–H groups in total. The number of rotatable bonds is 8. The molecule has 0 saturated carbocycles. The smallest absolute Gasteiger partial charge is 0.253 e. The molecule has 2 rings (SSSR count). The van der Waals surface area contributed by atoms with Gasteiger partial charge in [-0.3, -0.25) is 0 Å². The molecule has 0 amide bonds. The largest absolute Gasteiger partial charge is 0.484 e. The van der Waals surface area contributed by atoms with Crippen molar-refractivity contribution in [3.05, 3.63) is 41.6 Å². The monoisotopic (exact) mass is 289 g/mol. The Morgan fingerprint density at radius 3 is 2.48 bits per heavy atom. The molecule has 1 aromatic heterocycles. The van der Waals surface area contributed by atoms with E-state index in [0.717, 1.165) is 25.1 Å². The Balaban J connectivity index is 1.84. The standard InChI is InChI=1S/C16H23N3O2/c1-4-15-18-19-16(21-15)11-20-14-8-6-13(7-9-14)10-12(3)17-5-2/h6-9,12,17H,4-5,10-11H2,1-3H3.